The van der Waals surface area contributed by atoms with Crippen LogP contribution in [0.25, 0.3) is 10.4 Å². The van der Waals surface area contributed by atoms with Crippen LogP contribution in [-0.2, 0) is 4.79 Å². The first-order valence-electron chi connectivity index (χ1n) is 8.90. The van der Waals surface area contributed by atoms with Gasteiger partial charge in [0.25, 0.3) is 5.91 Å². The zero-order valence-corrected chi connectivity index (χ0v) is 15.8. The largest absolute Gasteiger partial charge is 0.348 e. The molecule has 1 aliphatic heterocycles. The lowest BCUT2D eigenvalue weighted by Crippen LogP contribution is -2.47. The van der Waals surface area contributed by atoms with Gasteiger partial charge in [0.05, 0.1) is 4.88 Å². The van der Waals surface area contributed by atoms with Crippen molar-refractivity contribution in [2.24, 2.45) is 5.92 Å². The van der Waals surface area contributed by atoms with Gasteiger partial charge in [0, 0.05) is 35.5 Å². The fourth-order valence-corrected chi connectivity index (χ4v) is 4.07. The van der Waals surface area contributed by atoms with Crippen LogP contribution in [-0.4, -0.2) is 35.8 Å². The lowest BCUT2D eigenvalue weighted by molar-refractivity contribution is -0.135. The predicted octanol–water partition coefficient (Wildman–Crippen LogP) is 3.93. The Hall–Kier alpha value is -2.21. The zero-order chi connectivity index (χ0) is 18.7. The summed E-state index contributed by atoms with van der Waals surface area (Å²) >= 11 is 1.29. The summed E-state index contributed by atoms with van der Waals surface area (Å²) in [5.74, 6) is -0.249. The van der Waals surface area contributed by atoms with E-state index >= 15 is 0 Å². The summed E-state index contributed by atoms with van der Waals surface area (Å²) in [5, 5.41) is 3.04. The van der Waals surface area contributed by atoms with Gasteiger partial charge < -0.3 is 10.2 Å². The molecule has 2 heterocycles. The Balaban J connectivity index is 1.58. The first-order valence-corrected chi connectivity index (χ1v) is 9.71. The fraction of sp³-hybridized carbons (Fsp3) is 0.400. The average Bonchev–Trinajstić information content (AvgIpc) is 3.12. The van der Waals surface area contributed by atoms with Crippen LogP contribution in [0.15, 0.2) is 36.4 Å². The van der Waals surface area contributed by atoms with Crippen molar-refractivity contribution in [2.45, 2.75) is 32.7 Å². The molecule has 0 atom stereocenters. The molecule has 1 saturated heterocycles. The first kappa shape index (κ1) is 18.6. The third-order valence-corrected chi connectivity index (χ3v) is 5.72. The molecule has 0 radical (unpaired) electrons. The van der Waals surface area contributed by atoms with E-state index < -0.39 is 0 Å². The molecule has 1 aromatic carbocycles. The smallest absolute Gasteiger partial charge is 0.261 e. The van der Waals surface area contributed by atoms with Crippen molar-refractivity contribution in [1.82, 2.24) is 10.2 Å². The van der Waals surface area contributed by atoms with Crippen molar-refractivity contribution in [2.75, 3.05) is 13.1 Å². The van der Waals surface area contributed by atoms with Crippen LogP contribution in [0.1, 0.15) is 36.4 Å². The molecule has 138 valence electrons. The fourth-order valence-electron chi connectivity index (χ4n) is 3.13. The van der Waals surface area contributed by atoms with E-state index in [9.17, 15) is 14.0 Å². The minimum atomic E-state index is -0.288. The summed E-state index contributed by atoms with van der Waals surface area (Å²) in [6.07, 6.45) is 1.52. The van der Waals surface area contributed by atoms with Gasteiger partial charge in [-0.3, -0.25) is 9.59 Å². The normalized spacial score (nSPS) is 15.3. The van der Waals surface area contributed by atoms with Gasteiger partial charge in [-0.15, -0.1) is 11.3 Å². The maximum atomic E-state index is 13.9. The quantitative estimate of drug-likeness (QED) is 0.881. The predicted molar refractivity (Wildman–Crippen MR) is 102 cm³/mol. The molecule has 2 amide bonds. The molecule has 0 saturated carbocycles. The molecule has 1 fully saturated rings. The summed E-state index contributed by atoms with van der Waals surface area (Å²) in [6.45, 7) is 5.15. The topological polar surface area (TPSA) is 49.4 Å². The van der Waals surface area contributed by atoms with E-state index in [1.807, 2.05) is 18.7 Å². The third kappa shape index (κ3) is 4.12. The van der Waals surface area contributed by atoms with E-state index in [-0.39, 0.29) is 29.6 Å². The minimum Gasteiger partial charge on any atom is -0.348 e. The first-order chi connectivity index (χ1) is 12.5. The molecule has 1 N–H and O–H groups in total. The summed E-state index contributed by atoms with van der Waals surface area (Å²) in [7, 11) is 0. The second-order valence-corrected chi connectivity index (χ2v) is 7.96. The van der Waals surface area contributed by atoms with Crippen molar-refractivity contribution in [1.29, 1.82) is 0 Å². The lowest BCUT2D eigenvalue weighted by atomic mass is 10.0. The Kier molecular flexibility index (Phi) is 5.71. The van der Waals surface area contributed by atoms with E-state index in [1.54, 1.807) is 30.3 Å². The van der Waals surface area contributed by atoms with E-state index in [1.165, 1.54) is 17.4 Å². The Morgan fingerprint density at radius 3 is 2.50 bits per heavy atom. The number of likely N-dealkylation sites (tertiary alicyclic amines) is 1. The van der Waals surface area contributed by atoms with Gasteiger partial charge in [0.1, 0.15) is 5.82 Å². The molecular weight excluding hydrogens is 351 g/mol. The molecule has 6 heteroatoms. The molecule has 0 spiro atoms. The lowest BCUT2D eigenvalue weighted by Gasteiger charge is -2.33. The minimum absolute atomic E-state index is 0.00376. The summed E-state index contributed by atoms with van der Waals surface area (Å²) in [4.78, 5) is 27.7. The number of benzene rings is 1. The molecule has 3 rings (SSSR count). The molecule has 2 aromatic rings. The molecular formula is C20H23FN2O2S. The van der Waals surface area contributed by atoms with Gasteiger partial charge in [-0.05, 0) is 31.0 Å². The highest BCUT2D eigenvalue weighted by Crippen LogP contribution is 2.30. The number of carbonyl (C=O) groups is 2. The SMILES string of the molecule is CC(C)C(=O)N1CCC(NC(=O)c2ccc(-c3ccccc3F)s2)CC1. The molecule has 0 bridgehead atoms. The van der Waals surface area contributed by atoms with Crippen LogP contribution in [0, 0.1) is 11.7 Å². The van der Waals surface area contributed by atoms with Crippen molar-refractivity contribution in [3.63, 3.8) is 0 Å². The number of amides is 2. The molecule has 1 aliphatic rings. The maximum absolute atomic E-state index is 13.9. The van der Waals surface area contributed by atoms with Gasteiger partial charge in [-0.25, -0.2) is 4.39 Å². The number of nitrogens with one attached hydrogen (secondary N) is 1. The van der Waals surface area contributed by atoms with Gasteiger partial charge in [-0.2, -0.15) is 0 Å². The van der Waals surface area contributed by atoms with E-state index in [4.69, 9.17) is 0 Å². The molecule has 0 unspecified atom stereocenters. The summed E-state index contributed by atoms with van der Waals surface area (Å²) < 4.78 is 13.9. The van der Waals surface area contributed by atoms with Crippen LogP contribution < -0.4 is 5.32 Å². The van der Waals surface area contributed by atoms with Crippen molar-refractivity contribution in [3.05, 3.63) is 47.1 Å². The number of rotatable bonds is 4. The molecule has 4 nitrogen and oxygen atoms in total. The van der Waals surface area contributed by atoms with Gasteiger partial charge in [-0.1, -0.05) is 32.0 Å². The standard InChI is InChI=1S/C20H23FN2O2S/c1-13(2)20(25)23-11-9-14(10-12-23)22-19(24)18-8-7-17(26-18)15-5-3-4-6-16(15)21/h3-8,13-14H,9-12H2,1-2H3,(H,22,24). The number of nitrogens with zero attached hydrogens (tertiary/aromatic N) is 1. The van der Waals surface area contributed by atoms with Crippen molar-refractivity contribution >= 4 is 23.2 Å². The number of hydrogen-bond donors (Lipinski definition) is 1. The van der Waals surface area contributed by atoms with Crippen LogP contribution >= 0.6 is 11.3 Å². The van der Waals surface area contributed by atoms with E-state index in [0.29, 0.717) is 23.5 Å². The molecule has 1 aromatic heterocycles. The Morgan fingerprint density at radius 2 is 1.85 bits per heavy atom. The van der Waals surface area contributed by atoms with Crippen LogP contribution in [0.4, 0.5) is 4.39 Å². The van der Waals surface area contributed by atoms with E-state index in [0.717, 1.165) is 17.7 Å². The highest BCUT2D eigenvalue weighted by molar-refractivity contribution is 7.17. The second kappa shape index (κ2) is 7.99. The average molecular weight is 374 g/mol. The third-order valence-electron chi connectivity index (χ3n) is 4.60. The number of piperidine rings is 1. The number of halogens is 1. The maximum Gasteiger partial charge on any atom is 0.261 e. The number of carbonyl (C=O) groups excluding carboxylic acids is 2. The van der Waals surface area contributed by atoms with Gasteiger partial charge in [0.2, 0.25) is 5.91 Å². The Labute approximate surface area is 157 Å². The Morgan fingerprint density at radius 1 is 1.15 bits per heavy atom. The van der Waals surface area contributed by atoms with Gasteiger partial charge in [0.15, 0.2) is 0 Å². The second-order valence-electron chi connectivity index (χ2n) is 6.87. The highest BCUT2D eigenvalue weighted by Gasteiger charge is 2.25. The summed E-state index contributed by atoms with van der Waals surface area (Å²) in [6, 6.07) is 10.1. The Bertz CT molecular complexity index is 795. The monoisotopic (exact) mass is 374 g/mol. The van der Waals surface area contributed by atoms with E-state index in [2.05, 4.69) is 5.32 Å². The number of hydrogen-bond acceptors (Lipinski definition) is 3. The zero-order valence-electron chi connectivity index (χ0n) is 15.0. The molecule has 0 aliphatic carbocycles. The van der Waals surface area contributed by atoms with Gasteiger partial charge >= 0.3 is 0 Å². The highest BCUT2D eigenvalue weighted by atomic mass is 32.1. The van der Waals surface area contributed by atoms with Crippen molar-refractivity contribution in [3.8, 4) is 10.4 Å². The van der Waals surface area contributed by atoms with Crippen LogP contribution in [0.5, 0.6) is 0 Å². The van der Waals surface area contributed by atoms with Crippen LogP contribution in [0.3, 0.4) is 0 Å². The van der Waals surface area contributed by atoms with Crippen molar-refractivity contribution < 1.29 is 14.0 Å². The summed E-state index contributed by atoms with van der Waals surface area (Å²) in [5.41, 5.74) is 0.511. The number of thiophene rings is 1. The molecule has 26 heavy (non-hydrogen) atoms. The van der Waals surface area contributed by atoms with Crippen LogP contribution in [0.2, 0.25) is 0 Å².